The summed E-state index contributed by atoms with van der Waals surface area (Å²) in [5, 5.41) is 0.733. The van der Waals surface area contributed by atoms with E-state index >= 15 is 0 Å². The lowest BCUT2D eigenvalue weighted by molar-refractivity contribution is 0.294. The third kappa shape index (κ3) is 4.05. The molecular formula is C17H24Cl2O. The van der Waals surface area contributed by atoms with Crippen molar-refractivity contribution >= 4 is 23.2 Å². The Morgan fingerprint density at radius 3 is 2.65 bits per heavy atom. The zero-order chi connectivity index (χ0) is 14.9. The number of hydrogen-bond acceptors (Lipinski definition) is 1. The third-order valence-electron chi connectivity index (χ3n) is 3.68. The minimum absolute atomic E-state index is 0.0297. The van der Waals surface area contributed by atoms with Crippen LogP contribution in [0.2, 0.25) is 5.02 Å². The lowest BCUT2D eigenvalue weighted by Crippen LogP contribution is -2.12. The molecule has 1 aromatic carbocycles. The number of halogens is 2. The summed E-state index contributed by atoms with van der Waals surface area (Å²) < 4.78 is 5.75. The molecule has 112 valence electrons. The molecule has 1 aliphatic rings. The second kappa shape index (κ2) is 6.15. The molecule has 2 atom stereocenters. The van der Waals surface area contributed by atoms with Gasteiger partial charge in [0.25, 0.3) is 0 Å². The summed E-state index contributed by atoms with van der Waals surface area (Å²) in [6.07, 6.45) is 3.05. The van der Waals surface area contributed by atoms with Gasteiger partial charge in [-0.3, -0.25) is 0 Å². The minimum atomic E-state index is -0.0297. The normalized spacial score (nSPS) is 17.5. The highest BCUT2D eigenvalue weighted by Gasteiger charge is 2.25. The molecule has 1 aliphatic heterocycles. The van der Waals surface area contributed by atoms with Gasteiger partial charge in [0.05, 0.1) is 12.0 Å². The molecule has 20 heavy (non-hydrogen) atoms. The molecule has 0 amide bonds. The standard InChI is InChI=1S/C17H24Cl2O/c1-11(10-17(2,3)4)7-15(19)14-9-13(18)8-12-5-6-20-16(12)14/h8-9,11,15H,5-7,10H2,1-4H3. The summed E-state index contributed by atoms with van der Waals surface area (Å²) in [5.41, 5.74) is 2.59. The van der Waals surface area contributed by atoms with Gasteiger partial charge >= 0.3 is 0 Å². The lowest BCUT2D eigenvalue weighted by Gasteiger charge is -2.25. The molecule has 0 N–H and O–H groups in total. The van der Waals surface area contributed by atoms with E-state index < -0.39 is 0 Å². The van der Waals surface area contributed by atoms with Gasteiger partial charge in [-0.1, -0.05) is 39.3 Å². The van der Waals surface area contributed by atoms with E-state index in [-0.39, 0.29) is 5.38 Å². The van der Waals surface area contributed by atoms with Crippen LogP contribution in [0.25, 0.3) is 0 Å². The average molecular weight is 315 g/mol. The molecule has 0 saturated heterocycles. The number of fused-ring (bicyclic) bond motifs is 1. The molecule has 0 fully saturated rings. The van der Waals surface area contributed by atoms with Crippen LogP contribution >= 0.6 is 23.2 Å². The molecule has 0 aromatic heterocycles. The molecule has 0 bridgehead atoms. The van der Waals surface area contributed by atoms with E-state index in [0.29, 0.717) is 11.3 Å². The summed E-state index contributed by atoms with van der Waals surface area (Å²) >= 11 is 12.8. The molecule has 0 radical (unpaired) electrons. The highest BCUT2D eigenvalue weighted by molar-refractivity contribution is 6.31. The van der Waals surface area contributed by atoms with Crippen molar-refractivity contribution in [1.82, 2.24) is 0 Å². The van der Waals surface area contributed by atoms with E-state index in [0.717, 1.165) is 35.8 Å². The van der Waals surface area contributed by atoms with Crippen molar-refractivity contribution in [2.45, 2.75) is 52.3 Å². The fourth-order valence-corrected chi connectivity index (χ4v) is 3.86. The van der Waals surface area contributed by atoms with Crippen LogP contribution in [0.15, 0.2) is 12.1 Å². The summed E-state index contributed by atoms with van der Waals surface area (Å²) in [4.78, 5) is 0. The number of hydrogen-bond donors (Lipinski definition) is 0. The number of rotatable bonds is 4. The maximum atomic E-state index is 6.65. The molecule has 2 rings (SSSR count). The first-order valence-corrected chi connectivity index (χ1v) is 8.17. The highest BCUT2D eigenvalue weighted by Crippen LogP contribution is 2.42. The second-order valence-electron chi connectivity index (χ2n) is 7.15. The Hall–Kier alpha value is -0.400. The van der Waals surface area contributed by atoms with E-state index in [1.165, 1.54) is 12.0 Å². The highest BCUT2D eigenvalue weighted by atomic mass is 35.5. The molecule has 3 heteroatoms. The Bertz CT molecular complexity index is 477. The van der Waals surface area contributed by atoms with Crippen molar-refractivity contribution in [3.8, 4) is 5.75 Å². The van der Waals surface area contributed by atoms with Gasteiger partial charge in [-0.05, 0) is 41.9 Å². The van der Waals surface area contributed by atoms with Crippen molar-refractivity contribution in [2.75, 3.05) is 6.61 Å². The van der Waals surface area contributed by atoms with E-state index in [1.54, 1.807) is 0 Å². The van der Waals surface area contributed by atoms with Gasteiger partial charge in [0.15, 0.2) is 0 Å². The number of ether oxygens (including phenoxy) is 1. The molecule has 0 spiro atoms. The fourth-order valence-electron chi connectivity index (χ4n) is 3.14. The van der Waals surface area contributed by atoms with E-state index in [1.807, 2.05) is 12.1 Å². The Morgan fingerprint density at radius 2 is 2.00 bits per heavy atom. The van der Waals surface area contributed by atoms with Crippen LogP contribution in [0, 0.1) is 11.3 Å². The molecular weight excluding hydrogens is 291 g/mol. The van der Waals surface area contributed by atoms with Gasteiger partial charge in [-0.2, -0.15) is 0 Å². The van der Waals surface area contributed by atoms with Gasteiger partial charge in [0.2, 0.25) is 0 Å². The first-order chi connectivity index (χ1) is 9.26. The maximum Gasteiger partial charge on any atom is 0.127 e. The van der Waals surface area contributed by atoms with E-state index in [9.17, 15) is 0 Å². The van der Waals surface area contributed by atoms with E-state index in [4.69, 9.17) is 27.9 Å². The average Bonchev–Trinajstić information content (AvgIpc) is 2.72. The van der Waals surface area contributed by atoms with Crippen molar-refractivity contribution in [2.24, 2.45) is 11.3 Å². The first-order valence-electron chi connectivity index (χ1n) is 7.35. The predicted octanol–water partition coefficient (Wildman–Crippen LogP) is 6.02. The summed E-state index contributed by atoms with van der Waals surface area (Å²) in [6.45, 7) is 9.82. The van der Waals surface area contributed by atoms with Crippen molar-refractivity contribution in [3.63, 3.8) is 0 Å². The number of alkyl halides is 1. The molecule has 1 heterocycles. The second-order valence-corrected chi connectivity index (χ2v) is 8.12. The minimum Gasteiger partial charge on any atom is -0.493 e. The van der Waals surface area contributed by atoms with E-state index in [2.05, 4.69) is 27.7 Å². The lowest BCUT2D eigenvalue weighted by atomic mass is 9.83. The van der Waals surface area contributed by atoms with Gasteiger partial charge in [-0.15, -0.1) is 11.6 Å². The van der Waals surface area contributed by atoms with Crippen molar-refractivity contribution in [3.05, 3.63) is 28.3 Å². The van der Waals surface area contributed by atoms with Gasteiger partial charge in [0, 0.05) is 17.0 Å². The number of benzene rings is 1. The molecule has 0 aliphatic carbocycles. The Labute approximate surface area is 132 Å². The fraction of sp³-hybridized carbons (Fsp3) is 0.647. The smallest absolute Gasteiger partial charge is 0.127 e. The largest absolute Gasteiger partial charge is 0.493 e. The van der Waals surface area contributed by atoms with Crippen LogP contribution in [-0.2, 0) is 6.42 Å². The predicted molar refractivity (Wildman–Crippen MR) is 87.1 cm³/mol. The topological polar surface area (TPSA) is 9.23 Å². The van der Waals surface area contributed by atoms with Gasteiger partial charge in [0.1, 0.15) is 5.75 Å². The molecule has 1 aromatic rings. The van der Waals surface area contributed by atoms with Crippen LogP contribution in [0.3, 0.4) is 0 Å². The van der Waals surface area contributed by atoms with Crippen LogP contribution in [0.1, 0.15) is 57.0 Å². The monoisotopic (exact) mass is 314 g/mol. The molecule has 2 unspecified atom stereocenters. The van der Waals surface area contributed by atoms with Crippen LogP contribution in [0.4, 0.5) is 0 Å². The third-order valence-corrected chi connectivity index (χ3v) is 4.32. The van der Waals surface area contributed by atoms with Crippen LogP contribution in [-0.4, -0.2) is 6.61 Å². The Morgan fingerprint density at radius 1 is 1.30 bits per heavy atom. The van der Waals surface area contributed by atoms with Gasteiger partial charge < -0.3 is 4.74 Å². The summed E-state index contributed by atoms with van der Waals surface area (Å²) in [7, 11) is 0. The molecule has 0 saturated carbocycles. The molecule has 1 nitrogen and oxygen atoms in total. The first kappa shape index (κ1) is 16.0. The zero-order valence-corrected chi connectivity index (χ0v) is 14.3. The summed E-state index contributed by atoms with van der Waals surface area (Å²) in [5.74, 6) is 1.55. The van der Waals surface area contributed by atoms with Crippen molar-refractivity contribution in [1.29, 1.82) is 0 Å². The maximum absolute atomic E-state index is 6.65. The SMILES string of the molecule is CC(CC(Cl)c1cc(Cl)cc2c1OCC2)CC(C)(C)C. The van der Waals surface area contributed by atoms with Crippen LogP contribution in [0.5, 0.6) is 5.75 Å². The zero-order valence-electron chi connectivity index (χ0n) is 12.8. The Balaban J connectivity index is 2.12. The van der Waals surface area contributed by atoms with Crippen LogP contribution < -0.4 is 4.74 Å². The Kier molecular flexibility index (Phi) is 4.92. The summed E-state index contributed by atoms with van der Waals surface area (Å²) in [6, 6.07) is 3.96. The quantitative estimate of drug-likeness (QED) is 0.618. The van der Waals surface area contributed by atoms with Gasteiger partial charge in [-0.25, -0.2) is 0 Å². The van der Waals surface area contributed by atoms with Crippen molar-refractivity contribution < 1.29 is 4.74 Å².